The van der Waals surface area contributed by atoms with Crippen molar-refractivity contribution in [3.05, 3.63) is 53.9 Å². The first kappa shape index (κ1) is 28.7. The lowest BCUT2D eigenvalue weighted by Crippen LogP contribution is -2.54. The van der Waals surface area contributed by atoms with Gasteiger partial charge in [0.2, 0.25) is 5.91 Å². The predicted molar refractivity (Wildman–Crippen MR) is 140 cm³/mol. The van der Waals surface area contributed by atoms with E-state index in [1.165, 1.54) is 22.2 Å². The number of nitrogens with zero attached hydrogens (tertiary/aromatic N) is 4. The Morgan fingerprint density at radius 3 is 2.50 bits per heavy atom. The molecule has 1 N–H and O–H groups in total. The van der Waals surface area contributed by atoms with Gasteiger partial charge in [-0.15, -0.1) is 0 Å². The van der Waals surface area contributed by atoms with Gasteiger partial charge >= 0.3 is 12.1 Å². The zero-order valence-electron chi connectivity index (χ0n) is 22.3. The van der Waals surface area contributed by atoms with Gasteiger partial charge in [0.15, 0.2) is 11.6 Å². The number of hydrogen-bond acceptors (Lipinski definition) is 8. The minimum atomic E-state index is -0.852. The molecular formula is C27H31F2N5O6. The molecular weight excluding hydrogens is 528 g/mol. The molecule has 2 saturated heterocycles. The monoisotopic (exact) mass is 559 g/mol. The van der Waals surface area contributed by atoms with E-state index < -0.39 is 41.7 Å². The van der Waals surface area contributed by atoms with E-state index >= 15 is 8.78 Å². The van der Waals surface area contributed by atoms with Crippen molar-refractivity contribution in [1.82, 2.24) is 15.2 Å². The van der Waals surface area contributed by atoms with Crippen LogP contribution >= 0.6 is 0 Å². The topological polar surface area (TPSA) is 121 Å². The lowest BCUT2D eigenvalue weighted by molar-refractivity contribution is -0.143. The van der Waals surface area contributed by atoms with Crippen LogP contribution in [0.15, 0.2) is 36.7 Å². The molecule has 13 heteroatoms. The SMILES string of the molecule is CCOC(=O)CC[C@H]1CN(c2cc(F)c(N3CCN(C(=O)[C@H](C)NC(=O)c4cccnc4)CC3)c(F)c2)C(=O)O1. The van der Waals surface area contributed by atoms with Crippen LogP contribution in [-0.4, -0.2) is 85.2 Å². The van der Waals surface area contributed by atoms with Crippen LogP contribution in [-0.2, 0) is 19.1 Å². The van der Waals surface area contributed by atoms with E-state index in [4.69, 9.17) is 9.47 Å². The molecule has 4 rings (SSSR count). The maximum atomic E-state index is 15.1. The number of halogens is 2. The fourth-order valence-corrected chi connectivity index (χ4v) is 4.67. The van der Waals surface area contributed by atoms with Crippen molar-refractivity contribution >= 4 is 35.3 Å². The van der Waals surface area contributed by atoms with E-state index in [-0.39, 0.29) is 69.5 Å². The third-order valence-electron chi connectivity index (χ3n) is 6.71. The van der Waals surface area contributed by atoms with E-state index in [0.29, 0.717) is 5.56 Å². The van der Waals surface area contributed by atoms with Gasteiger partial charge in [-0.05, 0) is 32.4 Å². The summed E-state index contributed by atoms with van der Waals surface area (Å²) in [5.41, 5.74) is 0.0883. The van der Waals surface area contributed by atoms with Crippen LogP contribution in [0.1, 0.15) is 37.0 Å². The van der Waals surface area contributed by atoms with Crippen LogP contribution in [0, 0.1) is 11.6 Å². The molecule has 0 saturated carbocycles. The number of benzene rings is 1. The average molecular weight is 560 g/mol. The number of esters is 1. The fourth-order valence-electron chi connectivity index (χ4n) is 4.67. The third kappa shape index (κ3) is 6.64. The molecule has 214 valence electrons. The zero-order chi connectivity index (χ0) is 28.8. The summed E-state index contributed by atoms with van der Waals surface area (Å²) < 4.78 is 40.4. The fraction of sp³-hybridized carbons (Fsp3) is 0.444. The van der Waals surface area contributed by atoms with E-state index in [2.05, 4.69) is 10.3 Å². The van der Waals surface area contributed by atoms with Crippen molar-refractivity contribution in [3.8, 4) is 0 Å². The first-order valence-corrected chi connectivity index (χ1v) is 13.0. The molecule has 1 aromatic carbocycles. The lowest BCUT2D eigenvalue weighted by Gasteiger charge is -2.37. The number of carbonyl (C=O) groups excluding carboxylic acids is 4. The summed E-state index contributed by atoms with van der Waals surface area (Å²) in [5, 5.41) is 2.64. The Kier molecular flexibility index (Phi) is 9.12. The Bertz CT molecular complexity index is 1230. The molecule has 3 heterocycles. The van der Waals surface area contributed by atoms with Crippen molar-refractivity contribution in [2.24, 2.45) is 0 Å². The summed E-state index contributed by atoms with van der Waals surface area (Å²) in [6, 6.07) is 4.55. The minimum absolute atomic E-state index is 0.00869. The largest absolute Gasteiger partial charge is 0.466 e. The maximum Gasteiger partial charge on any atom is 0.414 e. The first-order valence-electron chi connectivity index (χ1n) is 13.0. The minimum Gasteiger partial charge on any atom is -0.466 e. The summed E-state index contributed by atoms with van der Waals surface area (Å²) in [7, 11) is 0. The Hall–Kier alpha value is -4.29. The quantitative estimate of drug-likeness (QED) is 0.466. The number of ether oxygens (including phenoxy) is 2. The Morgan fingerprint density at radius 1 is 1.18 bits per heavy atom. The average Bonchev–Trinajstić information content (AvgIpc) is 3.32. The molecule has 0 unspecified atom stereocenters. The summed E-state index contributed by atoms with van der Waals surface area (Å²) in [5.74, 6) is -2.85. The van der Waals surface area contributed by atoms with Gasteiger partial charge in [-0.25, -0.2) is 13.6 Å². The lowest BCUT2D eigenvalue weighted by atomic mass is 10.1. The zero-order valence-corrected chi connectivity index (χ0v) is 22.3. The molecule has 2 fully saturated rings. The van der Waals surface area contributed by atoms with E-state index in [1.807, 2.05) is 0 Å². The number of amides is 3. The Labute approximate surface area is 230 Å². The number of nitrogens with one attached hydrogen (secondary N) is 1. The van der Waals surface area contributed by atoms with Crippen LogP contribution in [0.3, 0.4) is 0 Å². The summed E-state index contributed by atoms with van der Waals surface area (Å²) in [6.45, 7) is 4.30. The van der Waals surface area contributed by atoms with Crippen LogP contribution in [0.5, 0.6) is 0 Å². The second kappa shape index (κ2) is 12.7. The highest BCUT2D eigenvalue weighted by molar-refractivity contribution is 5.97. The number of cyclic esters (lactones) is 1. The van der Waals surface area contributed by atoms with Gasteiger partial charge in [0.05, 0.1) is 24.4 Å². The molecule has 1 aromatic heterocycles. The molecule has 2 aliphatic heterocycles. The highest BCUT2D eigenvalue weighted by atomic mass is 19.1. The van der Waals surface area contributed by atoms with Crippen LogP contribution in [0.4, 0.5) is 25.0 Å². The number of hydrogen-bond donors (Lipinski definition) is 1. The van der Waals surface area contributed by atoms with Crippen molar-refractivity contribution in [2.75, 3.05) is 49.1 Å². The predicted octanol–water partition coefficient (Wildman–Crippen LogP) is 2.50. The maximum absolute atomic E-state index is 15.1. The van der Waals surface area contributed by atoms with Gasteiger partial charge in [0.25, 0.3) is 5.91 Å². The smallest absolute Gasteiger partial charge is 0.414 e. The molecule has 2 aromatic rings. The van der Waals surface area contributed by atoms with Crippen molar-refractivity contribution in [1.29, 1.82) is 0 Å². The van der Waals surface area contributed by atoms with Crippen molar-refractivity contribution in [3.63, 3.8) is 0 Å². The molecule has 0 aliphatic carbocycles. The molecule has 3 amide bonds. The third-order valence-corrected chi connectivity index (χ3v) is 6.71. The van der Waals surface area contributed by atoms with Crippen molar-refractivity contribution < 1.29 is 37.4 Å². The Balaban J connectivity index is 1.33. The van der Waals surface area contributed by atoms with Crippen LogP contribution in [0.25, 0.3) is 0 Å². The number of anilines is 2. The van der Waals surface area contributed by atoms with Gasteiger partial charge in [-0.3, -0.25) is 24.3 Å². The standard InChI is InChI=1S/C27H31F2N5O6/c1-3-39-23(35)7-6-20-16-34(27(38)40-20)19-13-21(28)24(22(29)14-19)32-9-11-33(12-10-32)26(37)17(2)31-25(36)18-5-4-8-30-15-18/h4-5,8,13-15,17,20H,3,6-7,9-12,16H2,1-2H3,(H,31,36)/t17-,20-/m0/s1. The normalized spacial score (nSPS) is 17.9. The van der Waals surface area contributed by atoms with Gasteiger partial charge in [0.1, 0.15) is 17.8 Å². The van der Waals surface area contributed by atoms with Crippen LogP contribution < -0.4 is 15.1 Å². The van der Waals surface area contributed by atoms with Gasteiger partial charge in [-0.2, -0.15) is 0 Å². The van der Waals surface area contributed by atoms with Gasteiger partial charge < -0.3 is 24.6 Å². The Morgan fingerprint density at radius 2 is 1.88 bits per heavy atom. The number of pyridine rings is 1. The highest BCUT2D eigenvalue weighted by Gasteiger charge is 2.34. The molecule has 40 heavy (non-hydrogen) atoms. The number of piperazine rings is 1. The summed E-state index contributed by atoms with van der Waals surface area (Å²) in [6.07, 6.45) is 1.87. The highest BCUT2D eigenvalue weighted by Crippen LogP contribution is 2.32. The van der Waals surface area contributed by atoms with E-state index in [0.717, 1.165) is 17.0 Å². The summed E-state index contributed by atoms with van der Waals surface area (Å²) >= 11 is 0. The second-order valence-corrected chi connectivity index (χ2v) is 9.47. The summed E-state index contributed by atoms with van der Waals surface area (Å²) in [4.78, 5) is 57.2. The first-order chi connectivity index (χ1) is 19.2. The number of carbonyl (C=O) groups is 4. The second-order valence-electron chi connectivity index (χ2n) is 9.47. The molecule has 2 aliphatic rings. The molecule has 2 atom stereocenters. The molecule has 0 bridgehead atoms. The molecule has 11 nitrogen and oxygen atoms in total. The number of rotatable bonds is 9. The van der Waals surface area contributed by atoms with E-state index in [9.17, 15) is 19.2 Å². The number of aromatic nitrogens is 1. The van der Waals surface area contributed by atoms with Crippen molar-refractivity contribution in [2.45, 2.75) is 38.8 Å². The van der Waals surface area contributed by atoms with Gasteiger partial charge in [-0.1, -0.05) is 0 Å². The molecule has 0 spiro atoms. The van der Waals surface area contributed by atoms with Gasteiger partial charge in [0, 0.05) is 57.1 Å². The van der Waals surface area contributed by atoms with Crippen LogP contribution in [0.2, 0.25) is 0 Å². The van der Waals surface area contributed by atoms with E-state index in [1.54, 1.807) is 26.0 Å². The molecule has 0 radical (unpaired) electrons.